The van der Waals surface area contributed by atoms with Gasteiger partial charge in [0.15, 0.2) is 0 Å². The molecular formula is C23H22N6O4S. The number of sulfonamides is 1. The van der Waals surface area contributed by atoms with Crippen LogP contribution < -0.4 is 11.1 Å². The topological polar surface area (TPSA) is 151 Å². The van der Waals surface area contributed by atoms with E-state index in [2.05, 4.69) is 10.4 Å². The van der Waals surface area contributed by atoms with Crippen LogP contribution in [0.4, 0.5) is 5.69 Å². The number of benzene rings is 2. The molecule has 11 heteroatoms. The Morgan fingerprint density at radius 3 is 2.24 bits per heavy atom. The zero-order valence-electron chi connectivity index (χ0n) is 18.1. The number of carbonyl (C=O) groups excluding carboxylic acids is 2. The molecule has 4 rings (SSSR count). The van der Waals surface area contributed by atoms with Crippen LogP contribution in [0.25, 0.3) is 5.69 Å². The Hall–Kier alpha value is -4.01. The lowest BCUT2D eigenvalue weighted by atomic mass is 9.97. The van der Waals surface area contributed by atoms with Gasteiger partial charge in [0.05, 0.1) is 22.2 Å². The number of aromatic nitrogens is 2. The first-order chi connectivity index (χ1) is 16.3. The van der Waals surface area contributed by atoms with E-state index in [9.17, 15) is 18.0 Å². The lowest BCUT2D eigenvalue weighted by molar-refractivity contribution is -0.120. The summed E-state index contributed by atoms with van der Waals surface area (Å²) in [6.07, 6.45) is 2.43. The predicted octanol–water partition coefficient (Wildman–Crippen LogP) is 1.88. The van der Waals surface area contributed by atoms with E-state index in [1.807, 2.05) is 6.07 Å². The summed E-state index contributed by atoms with van der Waals surface area (Å²) in [6.45, 7) is 0.474. The van der Waals surface area contributed by atoms with Gasteiger partial charge in [0.2, 0.25) is 15.9 Å². The number of primary amides is 1. The maximum Gasteiger partial charge on any atom is 0.269 e. The molecule has 3 aromatic rings. The summed E-state index contributed by atoms with van der Waals surface area (Å²) in [6, 6.07) is 16.2. The van der Waals surface area contributed by atoms with Crippen LogP contribution in [0.15, 0.2) is 65.7 Å². The smallest absolute Gasteiger partial charge is 0.269 e. The van der Waals surface area contributed by atoms with Gasteiger partial charge >= 0.3 is 0 Å². The van der Waals surface area contributed by atoms with Gasteiger partial charge in [-0.3, -0.25) is 9.59 Å². The van der Waals surface area contributed by atoms with E-state index >= 15 is 0 Å². The van der Waals surface area contributed by atoms with Crippen molar-refractivity contribution in [2.45, 2.75) is 17.7 Å². The highest BCUT2D eigenvalue weighted by Crippen LogP contribution is 2.25. The molecule has 2 aromatic carbocycles. The summed E-state index contributed by atoms with van der Waals surface area (Å²) in [5.41, 5.74) is 7.07. The SMILES string of the molecule is N#Cc1ccc(S(=O)(=O)N2CCC(C(=O)Nc3ccc(-n4ccc(C(N)=O)n4)cc3)CC2)cc1. The second-order valence-electron chi connectivity index (χ2n) is 7.86. The van der Waals surface area contributed by atoms with Gasteiger partial charge in [-0.2, -0.15) is 14.7 Å². The molecule has 0 spiro atoms. The van der Waals surface area contributed by atoms with E-state index in [1.165, 1.54) is 39.3 Å². The zero-order valence-corrected chi connectivity index (χ0v) is 18.9. The molecule has 0 atom stereocenters. The highest BCUT2D eigenvalue weighted by molar-refractivity contribution is 7.89. The molecule has 1 fully saturated rings. The van der Waals surface area contributed by atoms with E-state index in [0.29, 0.717) is 29.8 Å². The third kappa shape index (κ3) is 4.83. The lowest BCUT2D eigenvalue weighted by Crippen LogP contribution is -2.41. The van der Waals surface area contributed by atoms with Crippen molar-refractivity contribution >= 4 is 27.5 Å². The Bertz CT molecular complexity index is 1350. The molecular weight excluding hydrogens is 456 g/mol. The van der Waals surface area contributed by atoms with Gasteiger partial charge in [0.1, 0.15) is 5.69 Å². The number of carbonyl (C=O) groups is 2. The summed E-state index contributed by atoms with van der Waals surface area (Å²) in [5, 5.41) is 15.8. The van der Waals surface area contributed by atoms with E-state index in [4.69, 9.17) is 11.0 Å². The second-order valence-corrected chi connectivity index (χ2v) is 9.80. The first kappa shape index (κ1) is 23.2. The zero-order chi connectivity index (χ0) is 24.3. The molecule has 10 nitrogen and oxygen atoms in total. The summed E-state index contributed by atoms with van der Waals surface area (Å²) < 4.78 is 28.6. The summed E-state index contributed by atoms with van der Waals surface area (Å²) in [7, 11) is -3.67. The van der Waals surface area contributed by atoms with Crippen LogP contribution >= 0.6 is 0 Å². The molecule has 0 aliphatic carbocycles. The Balaban J connectivity index is 1.34. The second kappa shape index (κ2) is 9.46. The average molecular weight is 479 g/mol. The van der Waals surface area contributed by atoms with Crippen LogP contribution in [0, 0.1) is 17.2 Å². The van der Waals surface area contributed by atoms with Crippen LogP contribution in [0.1, 0.15) is 28.9 Å². The lowest BCUT2D eigenvalue weighted by Gasteiger charge is -2.30. The molecule has 2 heterocycles. The fraction of sp³-hybridized carbons (Fsp3) is 0.217. The van der Waals surface area contributed by atoms with Gasteiger partial charge in [0.25, 0.3) is 5.91 Å². The summed E-state index contributed by atoms with van der Waals surface area (Å²) >= 11 is 0. The monoisotopic (exact) mass is 478 g/mol. The van der Waals surface area contributed by atoms with Crippen molar-refractivity contribution in [1.29, 1.82) is 5.26 Å². The van der Waals surface area contributed by atoms with Crippen molar-refractivity contribution < 1.29 is 18.0 Å². The Morgan fingerprint density at radius 2 is 1.68 bits per heavy atom. The Morgan fingerprint density at radius 1 is 1.03 bits per heavy atom. The van der Waals surface area contributed by atoms with Crippen LogP contribution in [-0.4, -0.2) is 47.4 Å². The molecule has 0 unspecified atom stereocenters. The molecule has 34 heavy (non-hydrogen) atoms. The highest BCUT2D eigenvalue weighted by Gasteiger charge is 2.32. The number of piperidine rings is 1. The van der Waals surface area contributed by atoms with Crippen molar-refractivity contribution in [3.05, 3.63) is 72.1 Å². The fourth-order valence-corrected chi connectivity index (χ4v) is 5.22. The van der Waals surface area contributed by atoms with Crippen molar-refractivity contribution in [3.8, 4) is 11.8 Å². The van der Waals surface area contributed by atoms with Crippen molar-refractivity contribution in [2.24, 2.45) is 11.7 Å². The molecule has 0 bridgehead atoms. The molecule has 3 N–H and O–H groups in total. The van der Waals surface area contributed by atoms with Crippen LogP contribution in [0.5, 0.6) is 0 Å². The van der Waals surface area contributed by atoms with E-state index in [-0.39, 0.29) is 35.5 Å². The van der Waals surface area contributed by atoms with Crippen LogP contribution in [0.3, 0.4) is 0 Å². The summed E-state index contributed by atoms with van der Waals surface area (Å²) in [5.74, 6) is -1.09. The summed E-state index contributed by atoms with van der Waals surface area (Å²) in [4.78, 5) is 24.0. The van der Waals surface area contributed by atoms with Gasteiger partial charge in [-0.05, 0) is 67.4 Å². The van der Waals surface area contributed by atoms with Crippen molar-refractivity contribution in [1.82, 2.24) is 14.1 Å². The maximum atomic E-state index is 12.9. The minimum atomic E-state index is -3.67. The van der Waals surface area contributed by atoms with Gasteiger partial charge in [0, 0.05) is 30.9 Å². The van der Waals surface area contributed by atoms with Crippen LogP contribution in [-0.2, 0) is 14.8 Å². The molecule has 1 aromatic heterocycles. The van der Waals surface area contributed by atoms with Crippen molar-refractivity contribution in [2.75, 3.05) is 18.4 Å². The number of nitrogens with zero attached hydrogens (tertiary/aromatic N) is 4. The van der Waals surface area contributed by atoms with Gasteiger partial charge < -0.3 is 11.1 Å². The van der Waals surface area contributed by atoms with Gasteiger partial charge in [-0.1, -0.05) is 0 Å². The number of amides is 2. The average Bonchev–Trinajstić information content (AvgIpc) is 3.35. The minimum Gasteiger partial charge on any atom is -0.364 e. The Labute approximate surface area is 196 Å². The first-order valence-electron chi connectivity index (χ1n) is 10.5. The number of nitrogens with two attached hydrogens (primary N) is 1. The number of hydrogen-bond acceptors (Lipinski definition) is 6. The maximum absolute atomic E-state index is 12.9. The molecule has 0 saturated carbocycles. The van der Waals surface area contributed by atoms with E-state index in [0.717, 1.165) is 0 Å². The quantitative estimate of drug-likeness (QED) is 0.552. The third-order valence-electron chi connectivity index (χ3n) is 5.69. The number of nitrogens with one attached hydrogen (secondary N) is 1. The van der Waals surface area contributed by atoms with Gasteiger partial charge in [-0.25, -0.2) is 13.1 Å². The molecule has 1 aliphatic heterocycles. The fourth-order valence-electron chi connectivity index (χ4n) is 3.75. The third-order valence-corrected chi connectivity index (χ3v) is 7.60. The highest BCUT2D eigenvalue weighted by atomic mass is 32.2. The van der Waals surface area contributed by atoms with Crippen molar-refractivity contribution in [3.63, 3.8) is 0 Å². The molecule has 2 amide bonds. The molecule has 1 aliphatic rings. The van der Waals surface area contributed by atoms with E-state index in [1.54, 1.807) is 30.5 Å². The molecule has 174 valence electrons. The Kier molecular flexibility index (Phi) is 6.45. The number of anilines is 1. The number of hydrogen-bond donors (Lipinski definition) is 2. The van der Waals surface area contributed by atoms with Crippen LogP contribution in [0.2, 0.25) is 0 Å². The first-order valence-corrected chi connectivity index (χ1v) is 12.0. The number of rotatable bonds is 6. The standard InChI is InChI=1S/C23H22N6O4S/c24-15-16-1-7-20(8-2-16)34(32,33)28-12-9-17(10-13-28)23(31)26-18-3-5-19(6-4-18)29-14-11-21(27-29)22(25)30/h1-8,11,14,17H,9-10,12-13H2,(H2,25,30)(H,26,31). The number of nitriles is 1. The molecule has 0 radical (unpaired) electrons. The molecule has 1 saturated heterocycles. The van der Waals surface area contributed by atoms with E-state index < -0.39 is 15.9 Å². The minimum absolute atomic E-state index is 0.134. The largest absolute Gasteiger partial charge is 0.364 e. The normalized spacial score (nSPS) is 14.9. The van der Waals surface area contributed by atoms with Gasteiger partial charge in [-0.15, -0.1) is 0 Å². The predicted molar refractivity (Wildman–Crippen MR) is 123 cm³/mol.